The molecule has 2 heterocycles. The second-order valence-corrected chi connectivity index (χ2v) is 6.11. The number of phenols is 1. The van der Waals surface area contributed by atoms with E-state index in [1.165, 1.54) is 5.56 Å². The molecule has 0 bridgehead atoms. The van der Waals surface area contributed by atoms with Crippen LogP contribution in [0.2, 0.25) is 0 Å². The Morgan fingerprint density at radius 3 is 2.76 bits per heavy atom. The first-order valence-corrected chi connectivity index (χ1v) is 7.46. The van der Waals surface area contributed by atoms with Crippen molar-refractivity contribution in [3.63, 3.8) is 0 Å². The van der Waals surface area contributed by atoms with Crippen molar-refractivity contribution in [3.05, 3.63) is 59.7 Å². The minimum Gasteiger partial charge on any atom is -0.508 e. The molecule has 3 heteroatoms. The highest BCUT2D eigenvalue weighted by atomic mass is 16.5. The maximum Gasteiger partial charge on any atom is 0.147 e. The van der Waals surface area contributed by atoms with E-state index in [4.69, 9.17) is 4.74 Å². The Labute approximate surface area is 124 Å². The van der Waals surface area contributed by atoms with E-state index in [9.17, 15) is 5.11 Å². The Morgan fingerprint density at radius 1 is 1.14 bits per heavy atom. The normalized spacial score (nSPS) is 27.8. The molecule has 4 rings (SSSR count). The average molecular weight is 281 g/mol. The van der Waals surface area contributed by atoms with Gasteiger partial charge in [0, 0.05) is 36.6 Å². The molecule has 2 aromatic rings. The fourth-order valence-electron chi connectivity index (χ4n) is 3.82. The van der Waals surface area contributed by atoms with Gasteiger partial charge in [-0.25, -0.2) is 0 Å². The lowest BCUT2D eigenvalue weighted by molar-refractivity contribution is 0.00526. The van der Waals surface area contributed by atoms with Crippen molar-refractivity contribution >= 4 is 0 Å². The van der Waals surface area contributed by atoms with Gasteiger partial charge in [0.05, 0.1) is 0 Å². The van der Waals surface area contributed by atoms with E-state index in [2.05, 4.69) is 24.1 Å². The monoisotopic (exact) mass is 281 g/mol. The lowest BCUT2D eigenvalue weighted by Crippen LogP contribution is -2.47. The van der Waals surface area contributed by atoms with E-state index in [1.54, 1.807) is 6.07 Å². The first kappa shape index (κ1) is 12.7. The van der Waals surface area contributed by atoms with Crippen LogP contribution in [0, 0.1) is 0 Å². The predicted molar refractivity (Wildman–Crippen MR) is 81.7 cm³/mol. The Kier molecular flexibility index (Phi) is 2.73. The molecule has 2 aliphatic rings. The molecular weight excluding hydrogens is 262 g/mol. The molecule has 1 saturated heterocycles. The highest BCUT2D eigenvalue weighted by Crippen LogP contribution is 2.55. The molecule has 2 atom stereocenters. The molecular formula is C18H19NO2. The van der Waals surface area contributed by atoms with Gasteiger partial charge in [-0.15, -0.1) is 0 Å². The number of piperidine rings is 1. The highest BCUT2D eigenvalue weighted by Gasteiger charge is 2.52. The van der Waals surface area contributed by atoms with Crippen LogP contribution in [-0.2, 0) is 5.60 Å². The number of hydrogen-bond acceptors (Lipinski definition) is 3. The summed E-state index contributed by atoms with van der Waals surface area (Å²) in [7, 11) is 2.15. The van der Waals surface area contributed by atoms with Crippen molar-refractivity contribution in [1.82, 2.24) is 4.90 Å². The van der Waals surface area contributed by atoms with E-state index in [0.29, 0.717) is 5.75 Å². The van der Waals surface area contributed by atoms with E-state index >= 15 is 0 Å². The van der Waals surface area contributed by atoms with Crippen molar-refractivity contribution < 1.29 is 9.84 Å². The first-order valence-electron chi connectivity index (χ1n) is 7.46. The summed E-state index contributed by atoms with van der Waals surface area (Å²) >= 11 is 0. The molecule has 0 radical (unpaired) electrons. The van der Waals surface area contributed by atoms with E-state index < -0.39 is 5.60 Å². The van der Waals surface area contributed by atoms with Gasteiger partial charge < -0.3 is 14.7 Å². The zero-order chi connectivity index (χ0) is 14.4. The van der Waals surface area contributed by atoms with Crippen LogP contribution in [0.4, 0.5) is 0 Å². The number of hydrogen-bond donors (Lipinski definition) is 1. The highest BCUT2D eigenvalue weighted by molar-refractivity contribution is 5.50. The first-order chi connectivity index (χ1) is 10.2. The minimum atomic E-state index is -0.429. The number of ether oxygens (including phenoxy) is 1. The molecule has 0 spiro atoms. The predicted octanol–water partition coefficient (Wildman–Crippen LogP) is 3.10. The Morgan fingerprint density at radius 2 is 1.90 bits per heavy atom. The van der Waals surface area contributed by atoms with Crippen molar-refractivity contribution in [3.8, 4) is 11.5 Å². The smallest absolute Gasteiger partial charge is 0.147 e. The van der Waals surface area contributed by atoms with E-state index in [0.717, 1.165) is 30.8 Å². The van der Waals surface area contributed by atoms with Crippen LogP contribution in [0.3, 0.4) is 0 Å². The number of fused-ring (bicyclic) bond motifs is 3. The molecule has 0 aromatic heterocycles. The molecule has 0 unspecified atom stereocenters. The van der Waals surface area contributed by atoms with Gasteiger partial charge in [0.1, 0.15) is 17.1 Å². The van der Waals surface area contributed by atoms with Gasteiger partial charge in [0.15, 0.2) is 0 Å². The molecule has 2 aromatic carbocycles. The van der Waals surface area contributed by atoms with Gasteiger partial charge in [0.25, 0.3) is 0 Å². The van der Waals surface area contributed by atoms with Gasteiger partial charge in [-0.2, -0.15) is 0 Å². The van der Waals surface area contributed by atoms with Crippen LogP contribution in [0.1, 0.15) is 23.5 Å². The summed E-state index contributed by atoms with van der Waals surface area (Å²) in [5.41, 5.74) is 1.74. The van der Waals surface area contributed by atoms with Crippen molar-refractivity contribution in [2.24, 2.45) is 0 Å². The molecule has 21 heavy (non-hydrogen) atoms. The number of benzene rings is 2. The Bertz CT molecular complexity index is 684. The maximum absolute atomic E-state index is 10.4. The number of nitrogens with zero attached hydrogens (tertiary/aromatic N) is 1. The number of aromatic hydroxyl groups is 1. The van der Waals surface area contributed by atoms with Crippen molar-refractivity contribution in [2.75, 3.05) is 20.1 Å². The molecule has 1 N–H and O–H groups in total. The summed E-state index contributed by atoms with van der Waals surface area (Å²) in [6.45, 7) is 1.92. The van der Waals surface area contributed by atoms with Gasteiger partial charge in [-0.05, 0) is 19.2 Å². The summed E-state index contributed by atoms with van der Waals surface area (Å²) in [4.78, 5) is 2.34. The third-order valence-electron chi connectivity index (χ3n) is 4.87. The second kappa shape index (κ2) is 4.50. The summed E-state index contributed by atoms with van der Waals surface area (Å²) < 4.78 is 6.43. The van der Waals surface area contributed by atoms with Crippen LogP contribution in [0.15, 0.2) is 48.5 Å². The molecule has 108 valence electrons. The molecule has 1 fully saturated rings. The lowest BCUT2D eigenvalue weighted by atomic mass is 9.74. The number of phenolic OH excluding ortho intramolecular Hbond substituents is 1. The topological polar surface area (TPSA) is 32.7 Å². The Hall–Kier alpha value is -2.00. The lowest BCUT2D eigenvalue weighted by Gasteiger charge is -2.42. The van der Waals surface area contributed by atoms with Crippen LogP contribution >= 0.6 is 0 Å². The second-order valence-electron chi connectivity index (χ2n) is 6.11. The zero-order valence-electron chi connectivity index (χ0n) is 12.1. The van der Waals surface area contributed by atoms with Crippen LogP contribution in [0.25, 0.3) is 0 Å². The number of para-hydroxylation sites is 2. The fourth-order valence-corrected chi connectivity index (χ4v) is 3.82. The number of rotatable bonds is 1. The zero-order valence-corrected chi connectivity index (χ0v) is 12.1. The van der Waals surface area contributed by atoms with Crippen LogP contribution in [0.5, 0.6) is 11.5 Å². The van der Waals surface area contributed by atoms with Gasteiger partial charge in [0.2, 0.25) is 0 Å². The van der Waals surface area contributed by atoms with Gasteiger partial charge in [-0.1, -0.05) is 36.4 Å². The van der Waals surface area contributed by atoms with E-state index in [-0.39, 0.29) is 5.92 Å². The van der Waals surface area contributed by atoms with E-state index in [1.807, 2.05) is 30.3 Å². The summed E-state index contributed by atoms with van der Waals surface area (Å²) in [6.07, 6.45) is 0.889. The molecule has 0 amide bonds. The summed E-state index contributed by atoms with van der Waals surface area (Å²) in [5.74, 6) is 1.56. The third-order valence-corrected chi connectivity index (χ3v) is 4.87. The Balaban J connectivity index is 1.89. The maximum atomic E-state index is 10.4. The standard InChI is InChI=1S/C18H19NO2/c1-19-11-10-18(14-7-3-4-8-16(14)20)15(12-19)13-6-2-5-9-17(13)21-18/h2-9,15,20H,10-12H2,1H3/t15-,18+/m1/s1. The largest absolute Gasteiger partial charge is 0.508 e. The number of likely N-dealkylation sites (N-methyl/N-ethyl adjacent to an activating group) is 1. The minimum absolute atomic E-state index is 0.265. The van der Waals surface area contributed by atoms with Crippen LogP contribution in [-0.4, -0.2) is 30.1 Å². The molecule has 3 nitrogen and oxygen atoms in total. The summed E-state index contributed by atoms with van der Waals surface area (Å²) in [5, 5.41) is 10.4. The quantitative estimate of drug-likeness (QED) is 0.872. The van der Waals surface area contributed by atoms with Crippen molar-refractivity contribution in [2.45, 2.75) is 17.9 Å². The third kappa shape index (κ3) is 1.77. The fraction of sp³-hybridized carbons (Fsp3) is 0.333. The number of likely N-dealkylation sites (tertiary alicyclic amines) is 1. The van der Waals surface area contributed by atoms with Gasteiger partial charge in [-0.3, -0.25) is 0 Å². The SMILES string of the molecule is CN1CC[C@@]2(c3ccccc3O)Oc3ccccc3[C@H]2C1. The van der Waals surface area contributed by atoms with Gasteiger partial charge >= 0.3 is 0 Å². The van der Waals surface area contributed by atoms with Crippen LogP contribution < -0.4 is 4.74 Å². The molecule has 2 aliphatic heterocycles. The summed E-state index contributed by atoms with van der Waals surface area (Å²) in [6, 6.07) is 15.9. The molecule has 0 aliphatic carbocycles. The van der Waals surface area contributed by atoms with Crippen molar-refractivity contribution in [1.29, 1.82) is 0 Å². The molecule has 0 saturated carbocycles. The average Bonchev–Trinajstić information content (AvgIpc) is 2.83.